The van der Waals surface area contributed by atoms with Crippen molar-refractivity contribution in [1.29, 1.82) is 0 Å². The molecule has 0 aliphatic carbocycles. The van der Waals surface area contributed by atoms with Gasteiger partial charge in [-0.3, -0.25) is 9.20 Å². The van der Waals surface area contributed by atoms with E-state index in [-0.39, 0.29) is 11.0 Å². The van der Waals surface area contributed by atoms with Crippen LogP contribution in [0.4, 0.5) is 0 Å². The predicted molar refractivity (Wildman–Crippen MR) is 72.2 cm³/mol. The molecule has 0 bridgehead atoms. The smallest absolute Gasteiger partial charge is 0.258 e. The molecule has 0 fully saturated rings. The lowest BCUT2D eigenvalue weighted by atomic mass is 9.91. The number of aromatic nitrogens is 2. The van der Waals surface area contributed by atoms with E-state index in [0.717, 1.165) is 22.8 Å². The van der Waals surface area contributed by atoms with Gasteiger partial charge in [0.1, 0.15) is 0 Å². The number of hydrogen-bond acceptors (Lipinski definition) is 3. The highest BCUT2D eigenvalue weighted by Crippen LogP contribution is 2.30. The average Bonchev–Trinajstić information content (AvgIpc) is 2.53. The summed E-state index contributed by atoms with van der Waals surface area (Å²) in [4.78, 5) is 18.7. The number of hydrogen-bond donors (Lipinski definition) is 0. The number of rotatable bonds is 1. The highest BCUT2D eigenvalue weighted by atomic mass is 32.1. The molecule has 0 amide bonds. The Bertz CT molecular complexity index is 617. The highest BCUT2D eigenvalue weighted by Gasteiger charge is 2.23. The summed E-state index contributed by atoms with van der Waals surface area (Å²) in [5.74, 6) is 0. The van der Waals surface area contributed by atoms with Gasteiger partial charge >= 0.3 is 0 Å². The molecular weight excluding hydrogens is 232 g/mol. The first-order chi connectivity index (χ1) is 7.84. The minimum absolute atomic E-state index is 0.0401. The van der Waals surface area contributed by atoms with E-state index in [1.807, 2.05) is 6.92 Å². The molecule has 0 aliphatic rings. The fourth-order valence-corrected chi connectivity index (χ4v) is 3.37. The molecule has 4 heteroatoms. The van der Waals surface area contributed by atoms with Crippen molar-refractivity contribution in [2.75, 3.05) is 0 Å². The molecule has 2 rings (SSSR count). The Labute approximate surface area is 105 Å². The summed E-state index contributed by atoms with van der Waals surface area (Å²) < 4.78 is 1.76. The van der Waals surface area contributed by atoms with Gasteiger partial charge in [0.15, 0.2) is 4.96 Å². The minimum atomic E-state index is -0.0401. The monoisotopic (exact) mass is 250 g/mol. The van der Waals surface area contributed by atoms with Crippen LogP contribution >= 0.6 is 11.3 Å². The number of fused-ring (bicyclic) bond motifs is 1. The van der Waals surface area contributed by atoms with Crippen molar-refractivity contribution >= 4 is 16.3 Å². The molecule has 92 valence electrons. The van der Waals surface area contributed by atoms with Crippen molar-refractivity contribution in [3.63, 3.8) is 0 Å². The zero-order chi connectivity index (χ0) is 12.8. The summed E-state index contributed by atoms with van der Waals surface area (Å²) in [6.45, 7) is 10.5. The van der Waals surface area contributed by atoms with E-state index in [9.17, 15) is 4.79 Å². The molecule has 17 heavy (non-hydrogen) atoms. The summed E-state index contributed by atoms with van der Waals surface area (Å²) in [5, 5.41) is 0. The summed E-state index contributed by atoms with van der Waals surface area (Å²) in [5.41, 5.74) is 1.96. The lowest BCUT2D eigenvalue weighted by molar-refractivity contribution is 0.556. The molecule has 0 atom stereocenters. The Morgan fingerprint density at radius 2 is 2.06 bits per heavy atom. The van der Waals surface area contributed by atoms with E-state index in [0.29, 0.717) is 0 Å². The van der Waals surface area contributed by atoms with E-state index in [1.54, 1.807) is 21.8 Å². The molecule has 2 aromatic heterocycles. The lowest BCUT2D eigenvalue weighted by Crippen LogP contribution is -2.23. The molecule has 0 aliphatic heterocycles. The van der Waals surface area contributed by atoms with Gasteiger partial charge in [-0.1, -0.05) is 27.7 Å². The third-order valence-electron chi connectivity index (χ3n) is 2.82. The van der Waals surface area contributed by atoms with E-state index >= 15 is 0 Å². The maximum absolute atomic E-state index is 12.2. The largest absolute Gasteiger partial charge is 0.269 e. The second kappa shape index (κ2) is 3.95. The Balaban J connectivity index is 2.88. The Hall–Kier alpha value is -1.16. The lowest BCUT2D eigenvalue weighted by Gasteiger charge is -2.19. The van der Waals surface area contributed by atoms with Gasteiger partial charge in [-0.05, 0) is 13.3 Å². The van der Waals surface area contributed by atoms with Gasteiger partial charge in [-0.15, -0.1) is 11.3 Å². The van der Waals surface area contributed by atoms with Crippen LogP contribution in [0.15, 0.2) is 10.9 Å². The summed E-state index contributed by atoms with van der Waals surface area (Å²) >= 11 is 1.60. The van der Waals surface area contributed by atoms with Crippen LogP contribution in [0.2, 0.25) is 0 Å². The van der Waals surface area contributed by atoms with E-state index in [4.69, 9.17) is 0 Å². The molecule has 0 radical (unpaired) electrons. The van der Waals surface area contributed by atoms with Gasteiger partial charge in [0.05, 0.1) is 0 Å². The van der Waals surface area contributed by atoms with Crippen LogP contribution in [-0.4, -0.2) is 9.38 Å². The fraction of sp³-hybridized carbons (Fsp3) is 0.538. The first kappa shape index (κ1) is 12.3. The van der Waals surface area contributed by atoms with Crippen LogP contribution in [0.1, 0.15) is 44.0 Å². The van der Waals surface area contributed by atoms with Gasteiger partial charge < -0.3 is 0 Å². The van der Waals surface area contributed by atoms with Crippen LogP contribution in [0.3, 0.4) is 0 Å². The Morgan fingerprint density at radius 1 is 1.41 bits per heavy atom. The van der Waals surface area contributed by atoms with Crippen molar-refractivity contribution in [3.05, 3.63) is 32.7 Å². The third kappa shape index (κ3) is 2.02. The van der Waals surface area contributed by atoms with Crippen molar-refractivity contribution in [1.82, 2.24) is 9.38 Å². The van der Waals surface area contributed by atoms with Gasteiger partial charge in [0, 0.05) is 27.7 Å². The summed E-state index contributed by atoms with van der Waals surface area (Å²) in [6, 6.07) is 1.65. The molecule has 2 heterocycles. The molecule has 0 saturated carbocycles. The van der Waals surface area contributed by atoms with Crippen LogP contribution < -0.4 is 5.56 Å². The van der Waals surface area contributed by atoms with E-state index in [1.165, 1.54) is 4.88 Å². The van der Waals surface area contributed by atoms with E-state index in [2.05, 4.69) is 32.7 Å². The standard InChI is InChI=1S/C13H18N2OS/c1-6-9-7-10(16)15-11(13(3,4)5)8(2)17-12(15)14-9/h7H,6H2,1-5H3. The average molecular weight is 250 g/mol. The van der Waals surface area contributed by atoms with Crippen LogP contribution in [-0.2, 0) is 11.8 Å². The van der Waals surface area contributed by atoms with E-state index < -0.39 is 0 Å². The highest BCUT2D eigenvalue weighted by molar-refractivity contribution is 7.17. The van der Waals surface area contributed by atoms with Gasteiger partial charge in [0.25, 0.3) is 5.56 Å². The quantitative estimate of drug-likeness (QED) is 0.780. The first-order valence-electron chi connectivity index (χ1n) is 5.87. The first-order valence-corrected chi connectivity index (χ1v) is 6.68. The topological polar surface area (TPSA) is 34.4 Å². The maximum Gasteiger partial charge on any atom is 0.258 e. The fourth-order valence-electron chi connectivity index (χ4n) is 2.17. The summed E-state index contributed by atoms with van der Waals surface area (Å²) in [7, 11) is 0. The van der Waals surface area contributed by atoms with Crippen LogP contribution in [0.5, 0.6) is 0 Å². The van der Waals surface area contributed by atoms with Crippen LogP contribution in [0, 0.1) is 6.92 Å². The van der Waals surface area contributed by atoms with Gasteiger partial charge in [0.2, 0.25) is 0 Å². The Morgan fingerprint density at radius 3 is 2.59 bits per heavy atom. The maximum atomic E-state index is 12.2. The molecular formula is C13H18N2OS. The summed E-state index contributed by atoms with van der Waals surface area (Å²) in [6.07, 6.45) is 0.799. The normalized spacial score (nSPS) is 12.3. The van der Waals surface area contributed by atoms with Gasteiger partial charge in [-0.2, -0.15) is 0 Å². The van der Waals surface area contributed by atoms with Gasteiger partial charge in [-0.25, -0.2) is 4.98 Å². The number of aryl methyl sites for hydroxylation is 2. The van der Waals surface area contributed by atoms with Crippen molar-refractivity contribution in [2.45, 2.75) is 46.5 Å². The SMILES string of the molecule is CCc1cc(=O)n2c(C(C)(C)C)c(C)sc2n1. The minimum Gasteiger partial charge on any atom is -0.269 e. The zero-order valence-corrected chi connectivity index (χ0v) is 11.8. The van der Waals surface area contributed by atoms with Crippen molar-refractivity contribution in [3.8, 4) is 0 Å². The zero-order valence-electron chi connectivity index (χ0n) is 11.0. The molecule has 0 unspecified atom stereocenters. The second-order valence-electron chi connectivity index (χ2n) is 5.31. The number of nitrogens with zero attached hydrogens (tertiary/aromatic N) is 2. The molecule has 0 spiro atoms. The second-order valence-corrected chi connectivity index (χ2v) is 6.50. The molecule has 0 N–H and O–H groups in total. The Kier molecular flexibility index (Phi) is 2.86. The molecule has 2 aromatic rings. The number of thiazole rings is 1. The molecule has 0 saturated heterocycles. The van der Waals surface area contributed by atoms with Crippen molar-refractivity contribution in [2.24, 2.45) is 0 Å². The van der Waals surface area contributed by atoms with Crippen molar-refractivity contribution < 1.29 is 0 Å². The predicted octanol–water partition coefficient (Wildman–Crippen LogP) is 2.92. The third-order valence-corrected chi connectivity index (χ3v) is 3.77. The van der Waals surface area contributed by atoms with Crippen LogP contribution in [0.25, 0.3) is 4.96 Å². The molecule has 3 nitrogen and oxygen atoms in total. The molecule has 0 aromatic carbocycles.